The summed E-state index contributed by atoms with van der Waals surface area (Å²) in [5.74, 6) is 1.19. The molecule has 0 radical (unpaired) electrons. The van der Waals surface area contributed by atoms with Crippen LogP contribution in [0.4, 0.5) is 5.69 Å². The number of carbonyl (C=O) groups excluding carboxylic acids is 2. The Balaban J connectivity index is 1.12. The number of carbonyl (C=O) groups is 2. The SMILES string of the molecule is COC(=O)c1ccc(CN2C[C@@H]3C[C@H]2CN3[C@H](C)C(=O)Nc2ccc(Oc3ccccc3)cc2)cc1. The zero-order valence-corrected chi connectivity index (χ0v) is 20.6. The fourth-order valence-corrected chi connectivity index (χ4v) is 5.17. The van der Waals surface area contributed by atoms with Gasteiger partial charge in [0.1, 0.15) is 11.5 Å². The quantitative estimate of drug-likeness (QED) is 0.472. The van der Waals surface area contributed by atoms with Gasteiger partial charge in [0.25, 0.3) is 0 Å². The van der Waals surface area contributed by atoms with Crippen LogP contribution in [-0.4, -0.2) is 60.0 Å². The lowest BCUT2D eigenvalue weighted by atomic mass is 10.1. The Kier molecular flexibility index (Phi) is 7.02. The van der Waals surface area contributed by atoms with Gasteiger partial charge < -0.3 is 14.8 Å². The predicted molar refractivity (Wildman–Crippen MR) is 138 cm³/mol. The van der Waals surface area contributed by atoms with Crippen LogP contribution in [-0.2, 0) is 16.1 Å². The van der Waals surface area contributed by atoms with E-state index in [1.807, 2.05) is 85.8 Å². The normalized spacial score (nSPS) is 20.2. The highest BCUT2D eigenvalue weighted by Crippen LogP contribution is 2.33. The van der Waals surface area contributed by atoms with E-state index in [9.17, 15) is 9.59 Å². The molecule has 2 aliphatic heterocycles. The number of piperazine rings is 1. The minimum Gasteiger partial charge on any atom is -0.465 e. The number of fused-ring (bicyclic) bond motifs is 2. The Morgan fingerprint density at radius 3 is 2.25 bits per heavy atom. The molecule has 2 aliphatic rings. The van der Waals surface area contributed by atoms with Crippen molar-refractivity contribution in [2.24, 2.45) is 0 Å². The molecule has 0 aliphatic carbocycles. The number of hydrogen-bond acceptors (Lipinski definition) is 6. The third-order valence-electron chi connectivity index (χ3n) is 7.13. The highest BCUT2D eigenvalue weighted by molar-refractivity contribution is 5.94. The lowest BCUT2D eigenvalue weighted by molar-refractivity contribution is -0.121. The molecule has 3 aromatic rings. The number of rotatable bonds is 8. The number of anilines is 1. The number of ether oxygens (including phenoxy) is 2. The second kappa shape index (κ2) is 10.5. The zero-order valence-electron chi connectivity index (χ0n) is 20.6. The number of likely N-dealkylation sites (tertiary alicyclic amines) is 2. The van der Waals surface area contributed by atoms with Crippen LogP contribution in [0.25, 0.3) is 0 Å². The van der Waals surface area contributed by atoms with Gasteiger partial charge in [-0.3, -0.25) is 14.6 Å². The van der Waals surface area contributed by atoms with Crippen LogP contribution in [0.5, 0.6) is 11.5 Å². The number of methoxy groups -OCH3 is 1. The van der Waals surface area contributed by atoms with Gasteiger partial charge in [-0.15, -0.1) is 0 Å². The molecule has 3 aromatic carbocycles. The Morgan fingerprint density at radius 2 is 1.61 bits per heavy atom. The molecule has 1 amide bonds. The molecule has 2 heterocycles. The molecular weight excluding hydrogens is 454 g/mol. The summed E-state index contributed by atoms with van der Waals surface area (Å²) in [5.41, 5.74) is 2.49. The molecule has 3 atom stereocenters. The fourth-order valence-electron chi connectivity index (χ4n) is 5.17. The van der Waals surface area contributed by atoms with E-state index in [1.165, 1.54) is 12.7 Å². The minimum absolute atomic E-state index is 0.00391. The molecule has 0 unspecified atom stereocenters. The summed E-state index contributed by atoms with van der Waals surface area (Å²) in [7, 11) is 1.39. The molecule has 2 saturated heterocycles. The maximum Gasteiger partial charge on any atom is 0.337 e. The van der Waals surface area contributed by atoms with Crippen molar-refractivity contribution in [3.05, 3.63) is 90.0 Å². The summed E-state index contributed by atoms with van der Waals surface area (Å²) in [5, 5.41) is 3.05. The Morgan fingerprint density at radius 1 is 0.917 bits per heavy atom. The average molecular weight is 486 g/mol. The topological polar surface area (TPSA) is 71.1 Å². The summed E-state index contributed by atoms with van der Waals surface area (Å²) in [6.45, 7) is 4.64. The third kappa shape index (κ3) is 5.27. The van der Waals surface area contributed by atoms with E-state index in [2.05, 4.69) is 15.1 Å². The van der Waals surface area contributed by atoms with E-state index in [0.29, 0.717) is 17.6 Å². The molecule has 2 fully saturated rings. The van der Waals surface area contributed by atoms with Gasteiger partial charge in [-0.1, -0.05) is 30.3 Å². The summed E-state index contributed by atoms with van der Waals surface area (Å²) in [4.78, 5) is 29.5. The van der Waals surface area contributed by atoms with Crippen molar-refractivity contribution in [1.29, 1.82) is 0 Å². The first-order valence-electron chi connectivity index (χ1n) is 12.3. The van der Waals surface area contributed by atoms with Crippen molar-refractivity contribution < 1.29 is 19.1 Å². The first kappa shape index (κ1) is 24.0. The van der Waals surface area contributed by atoms with Crippen molar-refractivity contribution in [3.8, 4) is 11.5 Å². The lowest BCUT2D eigenvalue weighted by Crippen LogP contribution is -2.52. The number of hydrogen-bond donors (Lipinski definition) is 1. The maximum absolute atomic E-state index is 13.0. The van der Waals surface area contributed by atoms with Gasteiger partial charge in [-0.25, -0.2) is 4.79 Å². The van der Waals surface area contributed by atoms with Gasteiger partial charge in [0.2, 0.25) is 5.91 Å². The molecule has 0 saturated carbocycles. The summed E-state index contributed by atoms with van der Waals surface area (Å²) < 4.78 is 10.6. The van der Waals surface area contributed by atoms with Crippen molar-refractivity contribution >= 4 is 17.6 Å². The van der Waals surface area contributed by atoms with E-state index in [4.69, 9.17) is 9.47 Å². The van der Waals surface area contributed by atoms with Gasteiger partial charge in [-0.2, -0.15) is 0 Å². The highest BCUT2D eigenvalue weighted by atomic mass is 16.5. The number of para-hydroxylation sites is 1. The first-order chi connectivity index (χ1) is 17.5. The lowest BCUT2D eigenvalue weighted by Gasteiger charge is -2.37. The van der Waals surface area contributed by atoms with E-state index in [-0.39, 0.29) is 17.9 Å². The van der Waals surface area contributed by atoms with Gasteiger partial charge in [-0.05, 0) is 67.4 Å². The Labute approximate surface area is 211 Å². The second-order valence-electron chi connectivity index (χ2n) is 9.46. The van der Waals surface area contributed by atoms with E-state index in [1.54, 1.807) is 0 Å². The van der Waals surface area contributed by atoms with Crippen LogP contribution in [0.3, 0.4) is 0 Å². The number of nitrogens with zero attached hydrogens (tertiary/aromatic N) is 2. The Bertz CT molecular complexity index is 1200. The summed E-state index contributed by atoms with van der Waals surface area (Å²) >= 11 is 0. The van der Waals surface area contributed by atoms with Crippen LogP contribution in [0.15, 0.2) is 78.9 Å². The smallest absolute Gasteiger partial charge is 0.337 e. The van der Waals surface area contributed by atoms with Crippen LogP contribution >= 0.6 is 0 Å². The maximum atomic E-state index is 13.0. The first-order valence-corrected chi connectivity index (χ1v) is 12.3. The van der Waals surface area contributed by atoms with Crippen LogP contribution in [0.2, 0.25) is 0 Å². The molecule has 36 heavy (non-hydrogen) atoms. The molecule has 186 valence electrons. The largest absolute Gasteiger partial charge is 0.465 e. The average Bonchev–Trinajstić information content (AvgIpc) is 3.51. The van der Waals surface area contributed by atoms with E-state index < -0.39 is 0 Å². The summed E-state index contributed by atoms with van der Waals surface area (Å²) in [6.07, 6.45) is 1.07. The van der Waals surface area contributed by atoms with E-state index in [0.717, 1.165) is 43.2 Å². The monoisotopic (exact) mass is 485 g/mol. The Hall–Kier alpha value is -3.68. The molecular formula is C29H31N3O4. The van der Waals surface area contributed by atoms with Gasteiger partial charge in [0, 0.05) is 37.4 Å². The molecule has 0 spiro atoms. The molecule has 7 nitrogen and oxygen atoms in total. The van der Waals surface area contributed by atoms with Gasteiger partial charge >= 0.3 is 5.97 Å². The molecule has 7 heteroatoms. The van der Waals surface area contributed by atoms with Crippen molar-refractivity contribution in [1.82, 2.24) is 9.80 Å². The van der Waals surface area contributed by atoms with Crippen LogP contribution < -0.4 is 10.1 Å². The van der Waals surface area contributed by atoms with Crippen LogP contribution in [0.1, 0.15) is 29.3 Å². The standard InChI is InChI=1S/C29H31N3O4/c1-20(28(33)30-23-12-14-27(15-13-23)36-26-6-4-3-5-7-26)32-19-24-16-25(32)18-31(24)17-21-8-10-22(11-9-21)29(34)35-2/h3-15,20,24-25H,16-19H2,1-2H3,(H,30,33)/t20-,24+,25+/m1/s1. The van der Waals surface area contributed by atoms with Crippen molar-refractivity contribution in [2.75, 3.05) is 25.5 Å². The molecule has 0 aromatic heterocycles. The second-order valence-corrected chi connectivity index (χ2v) is 9.46. The number of nitrogens with one attached hydrogen (secondary N) is 1. The third-order valence-corrected chi connectivity index (χ3v) is 7.13. The number of amides is 1. The molecule has 1 N–H and O–H groups in total. The number of esters is 1. The van der Waals surface area contributed by atoms with E-state index >= 15 is 0 Å². The van der Waals surface area contributed by atoms with Crippen LogP contribution in [0, 0.1) is 0 Å². The summed E-state index contributed by atoms with van der Waals surface area (Å²) in [6, 6.07) is 25.3. The molecule has 2 bridgehead atoms. The van der Waals surface area contributed by atoms with Gasteiger partial charge in [0.15, 0.2) is 0 Å². The van der Waals surface area contributed by atoms with Crippen molar-refractivity contribution in [2.45, 2.75) is 38.0 Å². The number of benzene rings is 3. The van der Waals surface area contributed by atoms with Gasteiger partial charge in [0.05, 0.1) is 18.7 Å². The fraction of sp³-hybridized carbons (Fsp3) is 0.310. The zero-order chi connectivity index (χ0) is 25.1. The highest BCUT2D eigenvalue weighted by Gasteiger charge is 2.45. The minimum atomic E-state index is -0.318. The molecule has 5 rings (SSSR count). The van der Waals surface area contributed by atoms with Crippen molar-refractivity contribution in [3.63, 3.8) is 0 Å². The predicted octanol–water partition coefficient (Wildman–Crippen LogP) is 4.55.